The van der Waals surface area contributed by atoms with Gasteiger partial charge in [-0.05, 0) is 25.1 Å². The molecule has 6 heteroatoms. The molecule has 0 saturated heterocycles. The predicted octanol–water partition coefficient (Wildman–Crippen LogP) is -0.119. The summed E-state index contributed by atoms with van der Waals surface area (Å²) < 4.78 is 4.99. The predicted molar refractivity (Wildman–Crippen MR) is 63.5 cm³/mol. The lowest BCUT2D eigenvalue weighted by Gasteiger charge is -2.11. The number of hydrogen-bond acceptors (Lipinski definition) is 4. The molecule has 0 aromatic heterocycles. The molecular weight excluding hydrogens is 222 g/mol. The molecule has 2 amide bonds. The molecule has 0 saturated carbocycles. The van der Waals surface area contributed by atoms with Crippen LogP contribution in [0.25, 0.3) is 0 Å². The highest BCUT2D eigenvalue weighted by molar-refractivity contribution is 5.97. The van der Waals surface area contributed by atoms with Crippen molar-refractivity contribution >= 4 is 17.5 Å². The van der Waals surface area contributed by atoms with Gasteiger partial charge in [0, 0.05) is 5.56 Å². The highest BCUT2D eigenvalue weighted by Crippen LogP contribution is 2.21. The van der Waals surface area contributed by atoms with Crippen molar-refractivity contribution in [1.29, 1.82) is 0 Å². The number of amides is 2. The Morgan fingerprint density at radius 3 is 2.59 bits per heavy atom. The van der Waals surface area contributed by atoms with E-state index >= 15 is 0 Å². The molecule has 1 rings (SSSR count). The van der Waals surface area contributed by atoms with Gasteiger partial charge in [-0.1, -0.05) is 0 Å². The van der Waals surface area contributed by atoms with E-state index in [4.69, 9.17) is 16.2 Å². The van der Waals surface area contributed by atoms with E-state index in [0.717, 1.165) is 0 Å². The number of benzene rings is 1. The molecule has 1 aromatic carbocycles. The van der Waals surface area contributed by atoms with Gasteiger partial charge in [-0.3, -0.25) is 9.59 Å². The Kier molecular flexibility index (Phi) is 3.92. The maximum Gasteiger partial charge on any atom is 0.252 e. The molecule has 17 heavy (non-hydrogen) atoms. The number of nitrogens with one attached hydrogen (secondary N) is 1. The Bertz CT molecular complexity index is 446. The van der Waals surface area contributed by atoms with Crippen molar-refractivity contribution in [2.75, 3.05) is 12.8 Å². The van der Waals surface area contributed by atoms with Gasteiger partial charge in [-0.2, -0.15) is 0 Å². The van der Waals surface area contributed by atoms with E-state index in [-0.39, 0.29) is 0 Å². The van der Waals surface area contributed by atoms with Crippen LogP contribution in [0.2, 0.25) is 0 Å². The number of carbonyl (C=O) groups is 2. The molecule has 0 fully saturated rings. The molecule has 0 radical (unpaired) electrons. The van der Waals surface area contributed by atoms with Crippen molar-refractivity contribution in [2.24, 2.45) is 5.73 Å². The third-order valence-corrected chi connectivity index (χ3v) is 2.27. The van der Waals surface area contributed by atoms with Crippen LogP contribution in [0.4, 0.5) is 5.69 Å². The Morgan fingerprint density at radius 2 is 2.06 bits per heavy atom. The summed E-state index contributed by atoms with van der Waals surface area (Å²) >= 11 is 0. The van der Waals surface area contributed by atoms with Gasteiger partial charge in [-0.25, -0.2) is 0 Å². The maximum atomic E-state index is 11.7. The van der Waals surface area contributed by atoms with E-state index in [1.165, 1.54) is 20.1 Å². The summed E-state index contributed by atoms with van der Waals surface area (Å²) in [5.41, 5.74) is 11.5. The number of anilines is 1. The lowest BCUT2D eigenvalue weighted by molar-refractivity contribution is -0.119. The molecule has 5 N–H and O–H groups in total. The summed E-state index contributed by atoms with van der Waals surface area (Å²) in [7, 11) is 1.46. The first kappa shape index (κ1) is 12.8. The first-order chi connectivity index (χ1) is 7.95. The quantitative estimate of drug-likeness (QED) is 0.634. The first-order valence-corrected chi connectivity index (χ1v) is 4.99. The molecule has 1 atom stereocenters. The largest absolute Gasteiger partial charge is 0.495 e. The Balaban J connectivity index is 2.86. The topological polar surface area (TPSA) is 107 Å². The number of nitrogen functional groups attached to an aromatic ring is 1. The van der Waals surface area contributed by atoms with Gasteiger partial charge < -0.3 is 21.5 Å². The molecule has 1 aromatic rings. The molecule has 0 spiro atoms. The van der Waals surface area contributed by atoms with E-state index in [9.17, 15) is 9.59 Å². The summed E-state index contributed by atoms with van der Waals surface area (Å²) in [4.78, 5) is 22.5. The number of methoxy groups -OCH3 is 1. The van der Waals surface area contributed by atoms with E-state index in [0.29, 0.717) is 17.0 Å². The van der Waals surface area contributed by atoms with E-state index < -0.39 is 17.9 Å². The first-order valence-electron chi connectivity index (χ1n) is 4.99. The standard InChI is InChI=1S/C11H15N3O3/c1-6(10(13)15)14-11(16)7-3-4-8(12)9(5-7)17-2/h3-6H,12H2,1-2H3,(H2,13,15)(H,14,16). The zero-order valence-corrected chi connectivity index (χ0v) is 9.69. The van der Waals surface area contributed by atoms with Gasteiger partial charge in [0.25, 0.3) is 5.91 Å². The van der Waals surface area contributed by atoms with Crippen molar-refractivity contribution < 1.29 is 14.3 Å². The van der Waals surface area contributed by atoms with Crippen molar-refractivity contribution in [3.63, 3.8) is 0 Å². The van der Waals surface area contributed by atoms with Crippen molar-refractivity contribution in [2.45, 2.75) is 13.0 Å². The molecular formula is C11H15N3O3. The van der Waals surface area contributed by atoms with Crippen LogP contribution in [0.5, 0.6) is 5.75 Å². The van der Waals surface area contributed by atoms with Crippen LogP contribution >= 0.6 is 0 Å². The second-order valence-electron chi connectivity index (χ2n) is 3.55. The Hall–Kier alpha value is -2.24. The number of ether oxygens (including phenoxy) is 1. The fourth-order valence-corrected chi connectivity index (χ4v) is 1.20. The zero-order valence-electron chi connectivity index (χ0n) is 9.69. The highest BCUT2D eigenvalue weighted by atomic mass is 16.5. The van der Waals surface area contributed by atoms with Gasteiger partial charge in [0.15, 0.2) is 0 Å². The minimum absolute atomic E-state index is 0.351. The molecule has 0 aliphatic carbocycles. The number of carbonyl (C=O) groups excluding carboxylic acids is 2. The third kappa shape index (κ3) is 3.10. The fraction of sp³-hybridized carbons (Fsp3) is 0.273. The average molecular weight is 237 g/mol. The van der Waals surface area contributed by atoms with Crippen LogP contribution in [0, 0.1) is 0 Å². The number of hydrogen-bond donors (Lipinski definition) is 3. The molecule has 0 aliphatic heterocycles. The second-order valence-corrected chi connectivity index (χ2v) is 3.55. The van der Waals surface area contributed by atoms with Gasteiger partial charge in [0.2, 0.25) is 5.91 Å². The van der Waals surface area contributed by atoms with Crippen molar-refractivity contribution in [3.8, 4) is 5.75 Å². The minimum Gasteiger partial charge on any atom is -0.495 e. The Morgan fingerprint density at radius 1 is 1.41 bits per heavy atom. The lowest BCUT2D eigenvalue weighted by atomic mass is 10.1. The molecule has 1 unspecified atom stereocenters. The van der Waals surface area contributed by atoms with Crippen LogP contribution in [-0.4, -0.2) is 25.0 Å². The zero-order chi connectivity index (χ0) is 13.0. The minimum atomic E-state index is -0.731. The summed E-state index contributed by atoms with van der Waals surface area (Å²) in [5, 5.41) is 2.46. The van der Waals surface area contributed by atoms with Crippen molar-refractivity contribution in [1.82, 2.24) is 5.32 Å². The van der Waals surface area contributed by atoms with Crippen LogP contribution in [0.1, 0.15) is 17.3 Å². The lowest BCUT2D eigenvalue weighted by Crippen LogP contribution is -2.42. The van der Waals surface area contributed by atoms with Crippen LogP contribution in [0.3, 0.4) is 0 Å². The molecule has 0 bridgehead atoms. The fourth-order valence-electron chi connectivity index (χ4n) is 1.20. The summed E-state index contributed by atoms with van der Waals surface area (Å²) in [6.45, 7) is 1.51. The number of nitrogens with two attached hydrogens (primary N) is 2. The van der Waals surface area contributed by atoms with E-state index in [1.54, 1.807) is 12.1 Å². The monoisotopic (exact) mass is 237 g/mol. The van der Waals surface area contributed by atoms with Crippen LogP contribution in [0.15, 0.2) is 18.2 Å². The molecule has 0 aliphatic rings. The van der Waals surface area contributed by atoms with Crippen LogP contribution < -0.4 is 21.5 Å². The number of primary amides is 1. The van der Waals surface area contributed by atoms with Crippen LogP contribution in [-0.2, 0) is 4.79 Å². The van der Waals surface area contributed by atoms with E-state index in [2.05, 4.69) is 5.32 Å². The average Bonchev–Trinajstić information content (AvgIpc) is 2.29. The highest BCUT2D eigenvalue weighted by Gasteiger charge is 2.14. The van der Waals surface area contributed by atoms with E-state index in [1.807, 2.05) is 0 Å². The maximum absolute atomic E-state index is 11.7. The summed E-state index contributed by atoms with van der Waals surface area (Å²) in [6.07, 6.45) is 0. The SMILES string of the molecule is COc1cc(C(=O)NC(C)C(N)=O)ccc1N. The summed E-state index contributed by atoms with van der Waals surface area (Å²) in [6, 6.07) is 3.87. The molecule has 92 valence electrons. The molecule has 6 nitrogen and oxygen atoms in total. The van der Waals surface area contributed by atoms with Gasteiger partial charge in [-0.15, -0.1) is 0 Å². The summed E-state index contributed by atoms with van der Waals surface area (Å²) in [5.74, 6) is -0.597. The normalized spacial score (nSPS) is 11.6. The van der Waals surface area contributed by atoms with Crippen molar-refractivity contribution in [3.05, 3.63) is 23.8 Å². The van der Waals surface area contributed by atoms with Gasteiger partial charge >= 0.3 is 0 Å². The smallest absolute Gasteiger partial charge is 0.252 e. The number of rotatable bonds is 4. The molecule has 0 heterocycles. The van der Waals surface area contributed by atoms with Gasteiger partial charge in [0.1, 0.15) is 11.8 Å². The third-order valence-electron chi connectivity index (χ3n) is 2.27. The second kappa shape index (κ2) is 5.20. The Labute approximate surface area is 98.9 Å². The van der Waals surface area contributed by atoms with Gasteiger partial charge in [0.05, 0.1) is 12.8 Å².